The molecule has 1 saturated heterocycles. The average Bonchev–Trinajstić information content (AvgIpc) is 2.57. The highest BCUT2D eigenvalue weighted by Gasteiger charge is 2.24. The molecule has 1 fully saturated rings. The van der Waals surface area contributed by atoms with Gasteiger partial charge in [-0.25, -0.2) is 4.79 Å². The van der Waals surface area contributed by atoms with Crippen LogP contribution in [-0.2, 0) is 9.53 Å². The average molecular weight is 455 g/mol. The molecule has 1 rings (SSSR count). The number of likely N-dealkylation sites (tertiary alicyclic amines) is 1. The van der Waals surface area contributed by atoms with Gasteiger partial charge in [0.2, 0.25) is 5.91 Å². The zero-order valence-corrected chi connectivity index (χ0v) is 17.1. The van der Waals surface area contributed by atoms with Crippen LogP contribution in [0.4, 0.5) is 4.79 Å². The Morgan fingerprint density at radius 3 is 2.42 bits per heavy atom. The molecular formula is C15H30IN5O3. The maximum atomic E-state index is 11.6. The number of amides is 2. The molecule has 1 aliphatic heterocycles. The second-order valence-corrected chi connectivity index (χ2v) is 5.38. The van der Waals surface area contributed by atoms with Gasteiger partial charge in [0.1, 0.15) is 0 Å². The molecule has 9 heteroatoms. The summed E-state index contributed by atoms with van der Waals surface area (Å²) in [4.78, 5) is 29.1. The first kappa shape index (κ1) is 22.7. The first-order chi connectivity index (χ1) is 11.1. The third-order valence-corrected chi connectivity index (χ3v) is 3.57. The van der Waals surface area contributed by atoms with E-state index < -0.39 is 0 Å². The Hall–Kier alpha value is -1.26. The van der Waals surface area contributed by atoms with Crippen LogP contribution in [0.15, 0.2) is 4.99 Å². The van der Waals surface area contributed by atoms with Gasteiger partial charge in [0, 0.05) is 32.7 Å². The third-order valence-electron chi connectivity index (χ3n) is 3.57. The summed E-state index contributed by atoms with van der Waals surface area (Å²) in [5.74, 6) is 0.554. The molecule has 0 spiro atoms. The summed E-state index contributed by atoms with van der Waals surface area (Å²) < 4.78 is 5.00. The van der Waals surface area contributed by atoms with Crippen LogP contribution < -0.4 is 16.0 Å². The summed E-state index contributed by atoms with van der Waals surface area (Å²) in [6, 6.07) is 0.227. The number of nitrogens with one attached hydrogen (secondary N) is 3. The van der Waals surface area contributed by atoms with Crippen molar-refractivity contribution in [3.05, 3.63) is 0 Å². The molecule has 0 bridgehead atoms. The van der Waals surface area contributed by atoms with Crippen LogP contribution in [0.25, 0.3) is 0 Å². The minimum Gasteiger partial charge on any atom is -0.450 e. The summed E-state index contributed by atoms with van der Waals surface area (Å²) >= 11 is 0. The maximum Gasteiger partial charge on any atom is 0.409 e. The molecule has 2 amide bonds. The van der Waals surface area contributed by atoms with Gasteiger partial charge >= 0.3 is 6.09 Å². The molecule has 0 aromatic heterocycles. The Bertz CT molecular complexity index is 412. The lowest BCUT2D eigenvalue weighted by molar-refractivity contribution is -0.120. The lowest BCUT2D eigenvalue weighted by Crippen LogP contribution is -2.51. The smallest absolute Gasteiger partial charge is 0.409 e. The second kappa shape index (κ2) is 13.1. The zero-order chi connectivity index (χ0) is 17.1. The topological polar surface area (TPSA) is 95.1 Å². The molecule has 8 nitrogen and oxygen atoms in total. The third kappa shape index (κ3) is 8.55. The number of carbonyl (C=O) groups excluding carboxylic acids is 2. The van der Waals surface area contributed by atoms with E-state index in [-0.39, 0.29) is 48.6 Å². The fraction of sp³-hybridized carbons (Fsp3) is 0.800. The van der Waals surface area contributed by atoms with Crippen LogP contribution in [0.3, 0.4) is 0 Å². The number of nitrogens with zero attached hydrogens (tertiary/aromatic N) is 2. The normalized spacial score (nSPS) is 15.3. The van der Waals surface area contributed by atoms with Crippen molar-refractivity contribution in [3.8, 4) is 0 Å². The van der Waals surface area contributed by atoms with E-state index in [4.69, 9.17) is 4.74 Å². The van der Waals surface area contributed by atoms with E-state index in [0.29, 0.717) is 32.2 Å². The molecular weight excluding hydrogens is 425 g/mol. The Morgan fingerprint density at radius 1 is 1.21 bits per heavy atom. The second-order valence-electron chi connectivity index (χ2n) is 5.38. The van der Waals surface area contributed by atoms with E-state index in [9.17, 15) is 9.59 Å². The summed E-state index contributed by atoms with van der Waals surface area (Å²) in [7, 11) is 1.67. The Morgan fingerprint density at radius 2 is 1.88 bits per heavy atom. The summed E-state index contributed by atoms with van der Waals surface area (Å²) in [5, 5.41) is 9.09. The molecule has 0 unspecified atom stereocenters. The molecule has 0 atom stereocenters. The largest absolute Gasteiger partial charge is 0.450 e. The molecule has 1 aliphatic rings. The minimum absolute atomic E-state index is 0. The van der Waals surface area contributed by atoms with Crippen molar-refractivity contribution in [2.24, 2.45) is 4.99 Å². The quantitative estimate of drug-likeness (QED) is 0.315. The minimum atomic E-state index is -0.249. The Kier molecular flexibility index (Phi) is 12.4. The van der Waals surface area contributed by atoms with Crippen molar-refractivity contribution >= 4 is 41.9 Å². The summed E-state index contributed by atoms with van der Waals surface area (Å²) in [6.45, 7) is 6.40. The van der Waals surface area contributed by atoms with E-state index in [1.54, 1.807) is 18.9 Å². The van der Waals surface area contributed by atoms with E-state index in [0.717, 1.165) is 19.3 Å². The number of hydrogen-bond donors (Lipinski definition) is 3. The van der Waals surface area contributed by atoms with Crippen molar-refractivity contribution in [2.45, 2.75) is 39.2 Å². The number of guanidine groups is 1. The highest BCUT2D eigenvalue weighted by molar-refractivity contribution is 14.0. The van der Waals surface area contributed by atoms with Gasteiger partial charge in [0.25, 0.3) is 0 Å². The van der Waals surface area contributed by atoms with Gasteiger partial charge in [-0.2, -0.15) is 0 Å². The lowest BCUT2D eigenvalue weighted by Gasteiger charge is -2.32. The van der Waals surface area contributed by atoms with Gasteiger partial charge in [-0.3, -0.25) is 9.79 Å². The van der Waals surface area contributed by atoms with E-state index in [1.165, 1.54) is 0 Å². The number of halogens is 1. The van der Waals surface area contributed by atoms with Gasteiger partial charge in [0.05, 0.1) is 13.2 Å². The van der Waals surface area contributed by atoms with Gasteiger partial charge in [-0.1, -0.05) is 6.92 Å². The molecule has 1 heterocycles. The summed E-state index contributed by atoms with van der Waals surface area (Å²) in [5.41, 5.74) is 0. The Labute approximate surface area is 161 Å². The van der Waals surface area contributed by atoms with Gasteiger partial charge in [-0.15, -0.1) is 24.0 Å². The first-order valence-electron chi connectivity index (χ1n) is 8.26. The van der Waals surface area contributed by atoms with Gasteiger partial charge in [0.15, 0.2) is 5.96 Å². The van der Waals surface area contributed by atoms with E-state index in [2.05, 4.69) is 20.9 Å². The van der Waals surface area contributed by atoms with Crippen LogP contribution in [0.5, 0.6) is 0 Å². The fourth-order valence-electron chi connectivity index (χ4n) is 2.30. The fourth-order valence-corrected chi connectivity index (χ4v) is 2.30. The maximum absolute atomic E-state index is 11.6. The molecule has 0 aliphatic carbocycles. The number of rotatable bonds is 6. The molecule has 0 saturated carbocycles. The highest BCUT2D eigenvalue weighted by Crippen LogP contribution is 2.11. The molecule has 3 N–H and O–H groups in total. The van der Waals surface area contributed by atoms with Crippen molar-refractivity contribution in [2.75, 3.05) is 39.8 Å². The number of ether oxygens (including phenoxy) is 1. The SMILES string of the molecule is CCCNC(=O)CNC(=NC)NC1CCN(C(=O)OCC)CC1.I. The predicted molar refractivity (Wildman–Crippen MR) is 105 cm³/mol. The van der Waals surface area contributed by atoms with Crippen LogP contribution in [-0.4, -0.2) is 68.7 Å². The number of piperidine rings is 1. The van der Waals surface area contributed by atoms with Crippen molar-refractivity contribution in [1.82, 2.24) is 20.9 Å². The van der Waals surface area contributed by atoms with Gasteiger partial charge in [-0.05, 0) is 26.2 Å². The Balaban J connectivity index is 0.00000529. The van der Waals surface area contributed by atoms with Crippen LogP contribution in [0, 0.1) is 0 Å². The summed E-state index contributed by atoms with van der Waals surface area (Å²) in [6.07, 6.45) is 2.31. The van der Waals surface area contributed by atoms with Crippen LogP contribution >= 0.6 is 24.0 Å². The van der Waals surface area contributed by atoms with Crippen molar-refractivity contribution in [3.63, 3.8) is 0 Å². The standard InChI is InChI=1S/C15H29N5O3.HI/c1-4-8-17-13(21)11-18-14(16-3)19-12-6-9-20(10-7-12)15(22)23-5-2;/h12H,4-11H2,1-3H3,(H,17,21)(H2,16,18,19);1H. The van der Waals surface area contributed by atoms with Crippen molar-refractivity contribution < 1.29 is 14.3 Å². The number of carbonyl (C=O) groups is 2. The zero-order valence-electron chi connectivity index (χ0n) is 14.8. The molecule has 0 aromatic rings. The lowest BCUT2D eigenvalue weighted by atomic mass is 10.1. The van der Waals surface area contributed by atoms with Gasteiger partial charge < -0.3 is 25.6 Å². The van der Waals surface area contributed by atoms with Crippen LogP contribution in [0.1, 0.15) is 33.1 Å². The first-order valence-corrected chi connectivity index (χ1v) is 8.26. The monoisotopic (exact) mass is 455 g/mol. The van der Waals surface area contributed by atoms with Crippen molar-refractivity contribution in [1.29, 1.82) is 0 Å². The van der Waals surface area contributed by atoms with Crippen LogP contribution in [0.2, 0.25) is 0 Å². The predicted octanol–water partition coefficient (Wildman–Crippen LogP) is 0.917. The number of hydrogen-bond acceptors (Lipinski definition) is 4. The molecule has 0 radical (unpaired) electrons. The molecule has 0 aromatic carbocycles. The van der Waals surface area contributed by atoms with E-state index in [1.807, 2.05) is 6.92 Å². The highest BCUT2D eigenvalue weighted by atomic mass is 127. The van der Waals surface area contributed by atoms with E-state index >= 15 is 0 Å². The molecule has 140 valence electrons. The number of aliphatic imine (C=N–C) groups is 1. The molecule has 24 heavy (non-hydrogen) atoms.